The Bertz CT molecular complexity index is 1100. The summed E-state index contributed by atoms with van der Waals surface area (Å²) in [6.07, 6.45) is 5.26. The molecule has 1 saturated heterocycles. The van der Waals surface area contributed by atoms with Gasteiger partial charge in [-0.15, -0.1) is 0 Å². The lowest BCUT2D eigenvalue weighted by Gasteiger charge is -2.39. The summed E-state index contributed by atoms with van der Waals surface area (Å²) in [4.78, 5) is 23.1. The molecule has 2 atom stereocenters. The highest BCUT2D eigenvalue weighted by Gasteiger charge is 2.36. The summed E-state index contributed by atoms with van der Waals surface area (Å²) in [6, 6.07) is 12.6. The number of hydrogen-bond acceptors (Lipinski definition) is 5. The smallest absolute Gasteiger partial charge is 0.253 e. The van der Waals surface area contributed by atoms with Crippen molar-refractivity contribution in [2.45, 2.75) is 71.8 Å². The molecule has 0 radical (unpaired) electrons. The number of aliphatic imine (C=N–C) groups is 1. The van der Waals surface area contributed by atoms with Crippen LogP contribution in [-0.2, 0) is 0 Å². The van der Waals surface area contributed by atoms with Crippen molar-refractivity contribution in [2.75, 3.05) is 46.4 Å². The van der Waals surface area contributed by atoms with Gasteiger partial charge in [-0.05, 0) is 76.5 Å². The quantitative estimate of drug-likeness (QED) is 0.337. The number of carbonyl (C=O) groups excluding carboxylic acids is 1. The van der Waals surface area contributed by atoms with Gasteiger partial charge in [0, 0.05) is 42.2 Å². The molecule has 206 valence electrons. The van der Waals surface area contributed by atoms with Crippen molar-refractivity contribution in [1.29, 1.82) is 0 Å². The molecule has 2 aliphatic rings. The average molecular weight is 520 g/mol. The molecule has 2 heterocycles. The second kappa shape index (κ2) is 13.3. The number of piperidine rings is 1. The van der Waals surface area contributed by atoms with Gasteiger partial charge >= 0.3 is 0 Å². The predicted molar refractivity (Wildman–Crippen MR) is 155 cm³/mol. The molecule has 2 aromatic rings. The Labute approximate surface area is 229 Å². The van der Waals surface area contributed by atoms with Crippen LogP contribution < -0.4 is 9.47 Å². The van der Waals surface area contributed by atoms with E-state index in [1.807, 2.05) is 30.9 Å². The number of unbranched alkanes of at least 4 members (excludes halogenated alkanes) is 2. The lowest BCUT2D eigenvalue weighted by Crippen LogP contribution is -2.41. The largest absolute Gasteiger partial charge is 0.490 e. The zero-order chi connectivity index (χ0) is 27.1. The molecule has 38 heavy (non-hydrogen) atoms. The third-order valence-corrected chi connectivity index (χ3v) is 7.70. The fourth-order valence-corrected chi connectivity index (χ4v) is 5.62. The molecule has 0 N–H and O–H groups in total. The number of likely N-dealkylation sites (N-methyl/N-ethyl adjacent to an activating group) is 1. The number of benzene rings is 2. The van der Waals surface area contributed by atoms with E-state index in [0.717, 1.165) is 92.2 Å². The normalized spacial score (nSPS) is 18.8. The first-order valence-corrected chi connectivity index (χ1v) is 14.6. The highest BCUT2D eigenvalue weighted by molar-refractivity contribution is 6.15. The Morgan fingerprint density at radius 2 is 1.61 bits per heavy atom. The van der Waals surface area contributed by atoms with E-state index in [2.05, 4.69) is 50.1 Å². The molecule has 0 aromatic heterocycles. The van der Waals surface area contributed by atoms with Crippen molar-refractivity contribution in [3.63, 3.8) is 0 Å². The van der Waals surface area contributed by atoms with E-state index < -0.39 is 0 Å². The zero-order valence-corrected chi connectivity index (χ0v) is 24.0. The number of ether oxygens (including phenoxy) is 2. The summed E-state index contributed by atoms with van der Waals surface area (Å²) in [7, 11) is 2.19. The van der Waals surface area contributed by atoms with E-state index in [4.69, 9.17) is 14.5 Å². The van der Waals surface area contributed by atoms with Crippen LogP contribution in [-0.4, -0.2) is 73.9 Å². The maximum Gasteiger partial charge on any atom is 0.253 e. The number of rotatable bonds is 12. The van der Waals surface area contributed by atoms with E-state index in [1.165, 1.54) is 5.56 Å². The van der Waals surface area contributed by atoms with Crippen LogP contribution >= 0.6 is 0 Å². The van der Waals surface area contributed by atoms with Gasteiger partial charge in [0.05, 0.1) is 25.0 Å². The minimum absolute atomic E-state index is 0.125. The first kappa shape index (κ1) is 28.2. The molecule has 2 aliphatic heterocycles. The fourth-order valence-electron chi connectivity index (χ4n) is 5.62. The van der Waals surface area contributed by atoms with Crippen LogP contribution in [0.5, 0.6) is 11.5 Å². The molecule has 1 fully saturated rings. The van der Waals surface area contributed by atoms with Gasteiger partial charge in [-0.25, -0.2) is 0 Å². The van der Waals surface area contributed by atoms with Crippen molar-refractivity contribution in [1.82, 2.24) is 9.80 Å². The first-order chi connectivity index (χ1) is 18.5. The Hall–Kier alpha value is -2.86. The van der Waals surface area contributed by atoms with Crippen LogP contribution in [0.2, 0.25) is 0 Å². The predicted octanol–water partition coefficient (Wildman–Crippen LogP) is 6.17. The van der Waals surface area contributed by atoms with Gasteiger partial charge in [-0.1, -0.05) is 38.8 Å². The lowest BCUT2D eigenvalue weighted by molar-refractivity contribution is 0.0751. The van der Waals surface area contributed by atoms with Gasteiger partial charge in [0.1, 0.15) is 0 Å². The first-order valence-electron chi connectivity index (χ1n) is 14.6. The second-order valence-electron chi connectivity index (χ2n) is 10.5. The molecule has 0 spiro atoms. The minimum atomic E-state index is 0.125. The lowest BCUT2D eigenvalue weighted by atomic mass is 9.79. The number of fused-ring (bicyclic) bond motifs is 3. The van der Waals surface area contributed by atoms with Crippen LogP contribution in [0.4, 0.5) is 0 Å². The second-order valence-corrected chi connectivity index (χ2v) is 10.5. The van der Waals surface area contributed by atoms with Crippen LogP contribution in [0.25, 0.3) is 0 Å². The SMILES string of the molecule is CCCCN(CCCC)C(=O)c1ccc(C2=N[C@@H]3CCN(C)C[C@@H]3c3cc(OCC)c(OCC)cc32)cc1. The van der Waals surface area contributed by atoms with E-state index in [9.17, 15) is 4.79 Å². The maximum absolute atomic E-state index is 13.3. The van der Waals surface area contributed by atoms with Crippen molar-refractivity contribution in [3.8, 4) is 11.5 Å². The highest BCUT2D eigenvalue weighted by atomic mass is 16.5. The summed E-state index contributed by atoms with van der Waals surface area (Å²) in [5.41, 5.74) is 5.17. The van der Waals surface area contributed by atoms with Gasteiger partial charge < -0.3 is 19.3 Å². The molecule has 4 rings (SSSR count). The Balaban J connectivity index is 1.69. The summed E-state index contributed by atoms with van der Waals surface area (Å²) in [6.45, 7) is 13.2. The monoisotopic (exact) mass is 519 g/mol. The fraction of sp³-hybridized carbons (Fsp3) is 0.562. The van der Waals surface area contributed by atoms with E-state index in [1.54, 1.807) is 0 Å². The molecule has 0 aliphatic carbocycles. The molecule has 2 aromatic carbocycles. The third-order valence-electron chi connectivity index (χ3n) is 7.70. The van der Waals surface area contributed by atoms with Crippen LogP contribution in [0, 0.1) is 0 Å². The molecule has 1 amide bonds. The Morgan fingerprint density at radius 1 is 0.974 bits per heavy atom. The van der Waals surface area contributed by atoms with E-state index in [0.29, 0.717) is 19.1 Å². The Morgan fingerprint density at radius 3 is 2.21 bits per heavy atom. The molecule has 6 heteroatoms. The summed E-state index contributed by atoms with van der Waals surface area (Å²) in [5, 5.41) is 0. The number of hydrogen-bond donors (Lipinski definition) is 0. The number of nitrogens with zero attached hydrogens (tertiary/aromatic N) is 3. The Kier molecular flexibility index (Phi) is 9.84. The highest BCUT2D eigenvalue weighted by Crippen LogP contribution is 2.42. The number of likely N-dealkylation sites (tertiary alicyclic amines) is 1. The summed E-state index contributed by atoms with van der Waals surface area (Å²) < 4.78 is 12.0. The number of carbonyl (C=O) groups is 1. The van der Waals surface area contributed by atoms with Crippen LogP contribution in [0.1, 0.15) is 92.8 Å². The molecule has 0 bridgehead atoms. The third kappa shape index (κ3) is 6.23. The summed E-state index contributed by atoms with van der Waals surface area (Å²) >= 11 is 0. The van der Waals surface area contributed by atoms with Crippen LogP contribution in [0.15, 0.2) is 41.4 Å². The average Bonchev–Trinajstić information content (AvgIpc) is 2.93. The van der Waals surface area contributed by atoms with Gasteiger partial charge in [-0.3, -0.25) is 9.79 Å². The number of amides is 1. The minimum Gasteiger partial charge on any atom is -0.490 e. The maximum atomic E-state index is 13.3. The van der Waals surface area contributed by atoms with Gasteiger partial charge in [0.25, 0.3) is 5.91 Å². The van der Waals surface area contributed by atoms with Gasteiger partial charge in [-0.2, -0.15) is 0 Å². The topological polar surface area (TPSA) is 54.4 Å². The van der Waals surface area contributed by atoms with E-state index >= 15 is 0 Å². The standard InChI is InChI=1S/C32H45N3O3/c1-6-10-17-35(18-11-7-2)32(36)24-14-12-23(13-15-24)31-26-21-30(38-9-4)29(37-8-3)20-25(26)27-22-34(5)19-16-28(27)33-31/h12-15,20-21,27-28H,6-11,16-19,22H2,1-5H3/t27-,28-/m1/s1. The molecular weight excluding hydrogens is 474 g/mol. The van der Waals surface area contributed by atoms with Crippen molar-refractivity contribution in [2.24, 2.45) is 4.99 Å². The van der Waals surface area contributed by atoms with Gasteiger partial charge in [0.15, 0.2) is 11.5 Å². The zero-order valence-electron chi connectivity index (χ0n) is 24.0. The van der Waals surface area contributed by atoms with Crippen LogP contribution in [0.3, 0.4) is 0 Å². The van der Waals surface area contributed by atoms with Crippen molar-refractivity contribution < 1.29 is 14.3 Å². The molecule has 0 saturated carbocycles. The van der Waals surface area contributed by atoms with Crippen molar-refractivity contribution in [3.05, 3.63) is 58.7 Å². The van der Waals surface area contributed by atoms with Gasteiger partial charge in [0.2, 0.25) is 0 Å². The molecule has 6 nitrogen and oxygen atoms in total. The molecular formula is C32H45N3O3. The van der Waals surface area contributed by atoms with Crippen molar-refractivity contribution >= 4 is 11.6 Å². The summed E-state index contributed by atoms with van der Waals surface area (Å²) in [5.74, 6) is 2.02. The van der Waals surface area contributed by atoms with E-state index in [-0.39, 0.29) is 11.9 Å². The molecule has 0 unspecified atom stereocenters.